The van der Waals surface area contributed by atoms with E-state index < -0.39 is 5.97 Å². The van der Waals surface area contributed by atoms with Crippen LogP contribution in [0, 0.1) is 11.3 Å². The van der Waals surface area contributed by atoms with Crippen molar-refractivity contribution >= 4 is 27.8 Å². The van der Waals surface area contributed by atoms with Crippen molar-refractivity contribution in [1.29, 1.82) is 5.26 Å². The molecule has 0 radical (unpaired) electrons. The largest absolute Gasteiger partial charge is 0.478 e. The number of aromatic carboxylic acids is 1. The molecule has 4 heteroatoms. The molecule has 4 aromatic rings. The molecule has 120 valence electrons. The van der Waals surface area contributed by atoms with Crippen LogP contribution in [0.5, 0.6) is 0 Å². The summed E-state index contributed by atoms with van der Waals surface area (Å²) in [6.45, 7) is 0.572. The van der Waals surface area contributed by atoms with E-state index in [0.717, 1.165) is 27.4 Å². The first-order valence-electron chi connectivity index (χ1n) is 7.91. The number of para-hydroxylation sites is 1. The zero-order chi connectivity index (χ0) is 17.4. The van der Waals surface area contributed by atoms with Gasteiger partial charge in [0.1, 0.15) is 0 Å². The summed E-state index contributed by atoms with van der Waals surface area (Å²) in [5.74, 6) is -0.940. The van der Waals surface area contributed by atoms with Gasteiger partial charge in [-0.3, -0.25) is 0 Å². The predicted octanol–water partition coefficient (Wildman–Crippen LogP) is 4.41. The molecule has 0 saturated heterocycles. The fraction of sp³-hybridized carbons (Fsp3) is 0.0476. The maximum absolute atomic E-state index is 11.4. The predicted molar refractivity (Wildman–Crippen MR) is 96.7 cm³/mol. The number of nitriles is 1. The van der Waals surface area contributed by atoms with Crippen molar-refractivity contribution in [2.24, 2.45) is 0 Å². The van der Waals surface area contributed by atoms with E-state index in [1.54, 1.807) is 18.2 Å². The average Bonchev–Trinajstić information content (AvgIpc) is 2.95. The molecule has 0 aliphatic carbocycles. The molecule has 0 amide bonds. The molecule has 0 aliphatic heterocycles. The number of carbonyl (C=O) groups is 1. The van der Waals surface area contributed by atoms with Crippen LogP contribution in [-0.4, -0.2) is 15.6 Å². The van der Waals surface area contributed by atoms with Gasteiger partial charge in [0, 0.05) is 22.8 Å². The molecule has 3 aromatic carbocycles. The summed E-state index contributed by atoms with van der Waals surface area (Å²) in [7, 11) is 0. The minimum Gasteiger partial charge on any atom is -0.478 e. The summed E-state index contributed by atoms with van der Waals surface area (Å²) < 4.78 is 2.10. The minimum atomic E-state index is -0.940. The Morgan fingerprint density at radius 2 is 1.76 bits per heavy atom. The van der Waals surface area contributed by atoms with E-state index in [2.05, 4.69) is 10.6 Å². The normalized spacial score (nSPS) is 10.8. The maximum atomic E-state index is 11.4. The van der Waals surface area contributed by atoms with Gasteiger partial charge in [-0.25, -0.2) is 4.79 Å². The number of hydrogen-bond acceptors (Lipinski definition) is 2. The van der Waals surface area contributed by atoms with Crippen molar-refractivity contribution in [3.8, 4) is 6.07 Å². The zero-order valence-electron chi connectivity index (χ0n) is 13.3. The summed E-state index contributed by atoms with van der Waals surface area (Å²) >= 11 is 0. The van der Waals surface area contributed by atoms with E-state index in [0.29, 0.717) is 12.1 Å². The van der Waals surface area contributed by atoms with Gasteiger partial charge in [-0.05, 0) is 35.9 Å². The van der Waals surface area contributed by atoms with Gasteiger partial charge in [0.05, 0.1) is 22.7 Å². The second-order valence-corrected chi connectivity index (χ2v) is 5.95. The summed E-state index contributed by atoms with van der Waals surface area (Å²) in [5.41, 5.74) is 3.81. The summed E-state index contributed by atoms with van der Waals surface area (Å²) in [5, 5.41) is 20.5. The molecule has 1 N–H and O–H groups in total. The van der Waals surface area contributed by atoms with Crippen molar-refractivity contribution in [3.63, 3.8) is 0 Å². The second kappa shape index (κ2) is 5.81. The van der Waals surface area contributed by atoms with Gasteiger partial charge in [0.25, 0.3) is 0 Å². The lowest BCUT2D eigenvalue weighted by molar-refractivity contribution is 0.0697. The van der Waals surface area contributed by atoms with E-state index in [1.165, 1.54) is 0 Å². The molecule has 0 spiro atoms. The Morgan fingerprint density at radius 3 is 2.56 bits per heavy atom. The Kier molecular flexibility index (Phi) is 3.48. The van der Waals surface area contributed by atoms with Gasteiger partial charge in [-0.1, -0.05) is 36.4 Å². The van der Waals surface area contributed by atoms with Gasteiger partial charge in [-0.2, -0.15) is 5.26 Å². The molecule has 0 saturated carbocycles. The average molecular weight is 326 g/mol. The van der Waals surface area contributed by atoms with Crippen LogP contribution in [0.4, 0.5) is 0 Å². The van der Waals surface area contributed by atoms with E-state index in [9.17, 15) is 9.90 Å². The molecule has 25 heavy (non-hydrogen) atoms. The Labute approximate surface area is 144 Å². The quantitative estimate of drug-likeness (QED) is 0.606. The smallest absolute Gasteiger partial charge is 0.335 e. The lowest BCUT2D eigenvalue weighted by Crippen LogP contribution is -2.01. The molecular weight excluding hydrogens is 312 g/mol. The SMILES string of the molecule is N#Cc1cccc(Cn2c3ccccc3c3ccc(C(=O)O)cc32)c1. The van der Waals surface area contributed by atoms with Gasteiger partial charge >= 0.3 is 5.97 Å². The third-order valence-electron chi connectivity index (χ3n) is 4.42. The van der Waals surface area contributed by atoms with Crippen LogP contribution in [0.1, 0.15) is 21.5 Å². The first-order valence-corrected chi connectivity index (χ1v) is 7.91. The Hall–Kier alpha value is -3.58. The van der Waals surface area contributed by atoms with E-state index in [1.807, 2.05) is 48.5 Å². The third kappa shape index (κ3) is 2.52. The number of benzene rings is 3. The van der Waals surface area contributed by atoms with Gasteiger partial charge in [0.2, 0.25) is 0 Å². The Balaban J connectivity index is 1.97. The van der Waals surface area contributed by atoms with Crippen molar-refractivity contribution in [2.45, 2.75) is 6.54 Å². The lowest BCUT2D eigenvalue weighted by Gasteiger charge is -2.08. The number of carboxylic acids is 1. The highest BCUT2D eigenvalue weighted by atomic mass is 16.4. The second-order valence-electron chi connectivity index (χ2n) is 5.95. The molecule has 1 aromatic heterocycles. The van der Waals surface area contributed by atoms with E-state index in [4.69, 9.17) is 5.26 Å². The number of fused-ring (bicyclic) bond motifs is 3. The molecule has 0 unspecified atom stereocenters. The van der Waals surface area contributed by atoms with E-state index >= 15 is 0 Å². The maximum Gasteiger partial charge on any atom is 0.335 e. The Bertz CT molecular complexity index is 1170. The molecule has 0 bridgehead atoms. The van der Waals surface area contributed by atoms with Crippen LogP contribution in [0.2, 0.25) is 0 Å². The highest BCUT2D eigenvalue weighted by molar-refractivity contribution is 6.09. The van der Waals surface area contributed by atoms with Crippen molar-refractivity contribution < 1.29 is 9.90 Å². The van der Waals surface area contributed by atoms with Crippen LogP contribution in [-0.2, 0) is 6.54 Å². The molecule has 4 rings (SSSR count). The molecule has 4 nitrogen and oxygen atoms in total. The summed E-state index contributed by atoms with van der Waals surface area (Å²) in [4.78, 5) is 11.4. The van der Waals surface area contributed by atoms with Gasteiger partial charge in [-0.15, -0.1) is 0 Å². The molecule has 0 aliphatic rings. The monoisotopic (exact) mass is 326 g/mol. The topological polar surface area (TPSA) is 66.0 Å². The Morgan fingerprint density at radius 1 is 0.960 bits per heavy atom. The number of hydrogen-bond donors (Lipinski definition) is 1. The fourth-order valence-electron chi connectivity index (χ4n) is 3.27. The first kappa shape index (κ1) is 15.0. The summed E-state index contributed by atoms with van der Waals surface area (Å²) in [6, 6.07) is 22.9. The van der Waals surface area contributed by atoms with Crippen LogP contribution in [0.25, 0.3) is 21.8 Å². The van der Waals surface area contributed by atoms with Crippen LogP contribution in [0.15, 0.2) is 66.7 Å². The van der Waals surface area contributed by atoms with Crippen LogP contribution < -0.4 is 0 Å². The van der Waals surface area contributed by atoms with Crippen molar-refractivity contribution in [3.05, 3.63) is 83.4 Å². The number of rotatable bonds is 3. The lowest BCUT2D eigenvalue weighted by atomic mass is 10.1. The standard InChI is InChI=1S/C21H14N2O2/c22-12-14-4-3-5-15(10-14)13-23-19-7-2-1-6-17(19)18-9-8-16(21(24)25)11-20(18)23/h1-11H,13H2,(H,24,25). The molecule has 0 atom stereocenters. The highest BCUT2D eigenvalue weighted by Gasteiger charge is 2.13. The fourth-order valence-corrected chi connectivity index (χ4v) is 3.27. The number of carboxylic acid groups (broad SMARTS) is 1. The number of nitrogens with zero attached hydrogens (tertiary/aromatic N) is 2. The zero-order valence-corrected chi connectivity index (χ0v) is 13.3. The minimum absolute atomic E-state index is 0.266. The van der Waals surface area contributed by atoms with Crippen molar-refractivity contribution in [2.75, 3.05) is 0 Å². The molecular formula is C21H14N2O2. The molecule has 1 heterocycles. The first-order chi connectivity index (χ1) is 12.2. The highest BCUT2D eigenvalue weighted by Crippen LogP contribution is 2.30. The van der Waals surface area contributed by atoms with Crippen molar-refractivity contribution in [1.82, 2.24) is 4.57 Å². The van der Waals surface area contributed by atoms with Crippen LogP contribution >= 0.6 is 0 Å². The van der Waals surface area contributed by atoms with E-state index in [-0.39, 0.29) is 5.56 Å². The van der Waals surface area contributed by atoms with Gasteiger partial charge in [0.15, 0.2) is 0 Å². The molecule has 0 fully saturated rings. The van der Waals surface area contributed by atoms with Gasteiger partial charge < -0.3 is 9.67 Å². The van der Waals surface area contributed by atoms with Crippen LogP contribution in [0.3, 0.4) is 0 Å². The third-order valence-corrected chi connectivity index (χ3v) is 4.42. The summed E-state index contributed by atoms with van der Waals surface area (Å²) in [6.07, 6.45) is 0. The number of aromatic nitrogens is 1.